The van der Waals surface area contributed by atoms with Crippen molar-refractivity contribution in [1.82, 2.24) is 5.32 Å². The highest BCUT2D eigenvalue weighted by Gasteiger charge is 2.21. The van der Waals surface area contributed by atoms with E-state index < -0.39 is 0 Å². The predicted octanol–water partition coefficient (Wildman–Crippen LogP) is 4.17. The Morgan fingerprint density at radius 2 is 2.05 bits per heavy atom. The molecule has 1 rings (SSSR count). The fourth-order valence-corrected chi connectivity index (χ4v) is 2.03. The van der Waals surface area contributed by atoms with E-state index in [0.717, 1.165) is 17.0 Å². The van der Waals surface area contributed by atoms with E-state index in [0.29, 0.717) is 18.9 Å². The molecular formula is C16H24ClNO. The van der Waals surface area contributed by atoms with Gasteiger partial charge in [-0.05, 0) is 30.0 Å². The molecule has 1 amide bonds. The number of hydrogen-bond donors (Lipinski definition) is 1. The Balaban J connectivity index is 2.53. The monoisotopic (exact) mass is 281 g/mol. The van der Waals surface area contributed by atoms with Gasteiger partial charge >= 0.3 is 0 Å². The first kappa shape index (κ1) is 16.0. The third-order valence-corrected chi connectivity index (χ3v) is 3.52. The van der Waals surface area contributed by atoms with Crippen LogP contribution in [0.5, 0.6) is 0 Å². The van der Waals surface area contributed by atoms with E-state index >= 15 is 0 Å². The molecule has 3 heteroatoms. The molecule has 1 aromatic carbocycles. The Morgan fingerprint density at radius 1 is 1.37 bits per heavy atom. The van der Waals surface area contributed by atoms with Gasteiger partial charge in [-0.2, -0.15) is 0 Å². The van der Waals surface area contributed by atoms with Crippen LogP contribution < -0.4 is 5.32 Å². The molecule has 106 valence electrons. The molecular weight excluding hydrogens is 258 g/mol. The van der Waals surface area contributed by atoms with E-state index in [9.17, 15) is 4.79 Å². The van der Waals surface area contributed by atoms with E-state index in [1.807, 2.05) is 24.3 Å². The molecule has 2 nitrogen and oxygen atoms in total. The molecule has 0 bridgehead atoms. The Hall–Kier alpha value is -1.02. The van der Waals surface area contributed by atoms with Gasteiger partial charge in [-0.15, -0.1) is 0 Å². The molecule has 0 aliphatic heterocycles. The number of halogens is 1. The zero-order valence-corrected chi connectivity index (χ0v) is 13.1. The summed E-state index contributed by atoms with van der Waals surface area (Å²) in [6, 6.07) is 7.82. The summed E-state index contributed by atoms with van der Waals surface area (Å²) in [5.41, 5.74) is 1.03. The largest absolute Gasteiger partial charge is 0.355 e. The summed E-state index contributed by atoms with van der Waals surface area (Å²) in [6.45, 7) is 9.11. The average Bonchev–Trinajstić information content (AvgIpc) is 2.34. The maximum atomic E-state index is 11.8. The number of nitrogens with one attached hydrogen (secondary N) is 1. The SMILES string of the molecule is CC(C)CCC(=O)NCC(C)(C)c1cccc(Cl)c1. The van der Waals surface area contributed by atoms with Crippen LogP contribution in [0.3, 0.4) is 0 Å². The van der Waals surface area contributed by atoms with Gasteiger partial charge < -0.3 is 5.32 Å². The fraction of sp³-hybridized carbons (Fsp3) is 0.562. The van der Waals surface area contributed by atoms with E-state index in [2.05, 4.69) is 33.0 Å². The van der Waals surface area contributed by atoms with Crippen LogP contribution >= 0.6 is 11.6 Å². The van der Waals surface area contributed by atoms with E-state index in [4.69, 9.17) is 11.6 Å². The van der Waals surface area contributed by atoms with Crippen LogP contribution in [0.1, 0.15) is 46.1 Å². The molecule has 0 radical (unpaired) electrons. The fourth-order valence-electron chi connectivity index (χ4n) is 1.84. The number of rotatable bonds is 6. The lowest BCUT2D eigenvalue weighted by Gasteiger charge is -2.26. The zero-order chi connectivity index (χ0) is 14.5. The third-order valence-electron chi connectivity index (χ3n) is 3.28. The van der Waals surface area contributed by atoms with E-state index in [-0.39, 0.29) is 11.3 Å². The second-order valence-corrected chi connectivity index (χ2v) is 6.54. The minimum absolute atomic E-state index is 0.113. The average molecular weight is 282 g/mol. The minimum Gasteiger partial charge on any atom is -0.355 e. The lowest BCUT2D eigenvalue weighted by atomic mass is 9.84. The topological polar surface area (TPSA) is 29.1 Å². The summed E-state index contributed by atoms with van der Waals surface area (Å²) in [5.74, 6) is 0.690. The van der Waals surface area contributed by atoms with E-state index in [1.165, 1.54) is 0 Å². The van der Waals surface area contributed by atoms with Gasteiger partial charge in [0, 0.05) is 23.4 Å². The Labute approximate surface area is 121 Å². The summed E-state index contributed by atoms with van der Waals surface area (Å²) in [7, 11) is 0. The summed E-state index contributed by atoms with van der Waals surface area (Å²) < 4.78 is 0. The molecule has 0 saturated heterocycles. The third kappa shape index (κ3) is 5.65. The smallest absolute Gasteiger partial charge is 0.220 e. The maximum Gasteiger partial charge on any atom is 0.220 e. The number of amides is 1. The van der Waals surface area contributed by atoms with Gasteiger partial charge in [0.15, 0.2) is 0 Å². The first-order valence-corrected chi connectivity index (χ1v) is 7.22. The molecule has 1 aromatic rings. The first-order valence-electron chi connectivity index (χ1n) is 6.84. The Bertz CT molecular complexity index is 427. The normalized spacial score (nSPS) is 11.7. The van der Waals surface area contributed by atoms with Crippen molar-refractivity contribution in [1.29, 1.82) is 0 Å². The van der Waals surface area contributed by atoms with Crippen LogP contribution in [0.2, 0.25) is 5.02 Å². The minimum atomic E-state index is -0.113. The molecule has 0 aromatic heterocycles. The highest BCUT2D eigenvalue weighted by atomic mass is 35.5. The van der Waals surface area contributed by atoms with Crippen molar-refractivity contribution >= 4 is 17.5 Å². The Morgan fingerprint density at radius 3 is 2.63 bits per heavy atom. The number of carbonyl (C=O) groups is 1. The highest BCUT2D eigenvalue weighted by molar-refractivity contribution is 6.30. The van der Waals surface area contributed by atoms with Crippen LogP contribution in [0.25, 0.3) is 0 Å². The van der Waals surface area contributed by atoms with Crippen molar-refractivity contribution in [3.05, 3.63) is 34.9 Å². The summed E-state index contributed by atoms with van der Waals surface area (Å²) in [5, 5.41) is 3.75. The van der Waals surface area contributed by atoms with Crippen molar-refractivity contribution < 1.29 is 4.79 Å². The van der Waals surface area contributed by atoms with Crippen LogP contribution in [-0.4, -0.2) is 12.5 Å². The highest BCUT2D eigenvalue weighted by Crippen LogP contribution is 2.24. The molecule has 0 atom stereocenters. The lowest BCUT2D eigenvalue weighted by Crippen LogP contribution is -2.36. The van der Waals surface area contributed by atoms with Gasteiger partial charge in [0.1, 0.15) is 0 Å². The van der Waals surface area contributed by atoms with Crippen LogP contribution in [-0.2, 0) is 10.2 Å². The quantitative estimate of drug-likeness (QED) is 0.833. The molecule has 0 aliphatic carbocycles. The molecule has 0 fully saturated rings. The number of carbonyl (C=O) groups excluding carboxylic acids is 1. The molecule has 1 N–H and O–H groups in total. The van der Waals surface area contributed by atoms with Crippen molar-refractivity contribution in [2.24, 2.45) is 5.92 Å². The van der Waals surface area contributed by atoms with Gasteiger partial charge in [-0.3, -0.25) is 4.79 Å². The van der Waals surface area contributed by atoms with Crippen LogP contribution in [0.15, 0.2) is 24.3 Å². The number of benzene rings is 1. The molecule has 19 heavy (non-hydrogen) atoms. The summed E-state index contributed by atoms with van der Waals surface area (Å²) in [6.07, 6.45) is 1.53. The van der Waals surface area contributed by atoms with Crippen LogP contribution in [0, 0.1) is 5.92 Å². The lowest BCUT2D eigenvalue weighted by molar-refractivity contribution is -0.121. The molecule has 0 saturated carbocycles. The molecule has 0 heterocycles. The van der Waals surface area contributed by atoms with Gasteiger partial charge in [-0.25, -0.2) is 0 Å². The van der Waals surface area contributed by atoms with Gasteiger partial charge in [0.25, 0.3) is 0 Å². The maximum absolute atomic E-state index is 11.8. The van der Waals surface area contributed by atoms with E-state index in [1.54, 1.807) is 0 Å². The van der Waals surface area contributed by atoms with Crippen molar-refractivity contribution in [2.75, 3.05) is 6.54 Å². The molecule has 0 unspecified atom stereocenters. The van der Waals surface area contributed by atoms with Gasteiger partial charge in [0.2, 0.25) is 5.91 Å². The second-order valence-electron chi connectivity index (χ2n) is 6.10. The number of hydrogen-bond acceptors (Lipinski definition) is 1. The molecule has 0 spiro atoms. The summed E-state index contributed by atoms with van der Waals surface area (Å²) >= 11 is 6.01. The summed E-state index contributed by atoms with van der Waals surface area (Å²) in [4.78, 5) is 11.8. The first-order chi connectivity index (χ1) is 8.81. The second kappa shape index (κ2) is 6.95. The van der Waals surface area contributed by atoms with Gasteiger partial charge in [-0.1, -0.05) is 51.4 Å². The Kier molecular flexibility index (Phi) is 5.86. The van der Waals surface area contributed by atoms with Crippen molar-refractivity contribution in [3.8, 4) is 0 Å². The zero-order valence-electron chi connectivity index (χ0n) is 12.3. The standard InChI is InChI=1S/C16H24ClNO/c1-12(2)8-9-15(19)18-11-16(3,4)13-6-5-7-14(17)10-13/h5-7,10,12H,8-9,11H2,1-4H3,(H,18,19). The molecule has 0 aliphatic rings. The van der Waals surface area contributed by atoms with Crippen LogP contribution in [0.4, 0.5) is 0 Å². The predicted molar refractivity (Wildman–Crippen MR) is 81.6 cm³/mol. The van der Waals surface area contributed by atoms with Crippen molar-refractivity contribution in [3.63, 3.8) is 0 Å². The van der Waals surface area contributed by atoms with Gasteiger partial charge in [0.05, 0.1) is 0 Å². The van der Waals surface area contributed by atoms with Crippen molar-refractivity contribution in [2.45, 2.75) is 46.0 Å².